The van der Waals surface area contributed by atoms with Crippen LogP contribution in [0.15, 0.2) is 27.6 Å². The Labute approximate surface area is 135 Å². The number of alkyl halides is 3. The van der Waals surface area contributed by atoms with Crippen molar-refractivity contribution in [1.82, 2.24) is 9.21 Å². The molecule has 0 saturated carbocycles. The zero-order chi connectivity index (χ0) is 17.1. The fourth-order valence-corrected chi connectivity index (χ4v) is 3.12. The normalized spacial score (nSPS) is 13.0. The summed E-state index contributed by atoms with van der Waals surface area (Å²) in [5.41, 5.74) is 0. The van der Waals surface area contributed by atoms with E-state index in [1.807, 2.05) is 0 Å². The van der Waals surface area contributed by atoms with Crippen molar-refractivity contribution in [3.63, 3.8) is 0 Å². The third-order valence-electron chi connectivity index (χ3n) is 2.68. The quantitative estimate of drug-likeness (QED) is 0.730. The molecule has 1 aromatic carbocycles. The predicted octanol–water partition coefficient (Wildman–Crippen LogP) is 2.53. The maximum Gasteiger partial charge on any atom is 0.573 e. The first kappa shape index (κ1) is 19.2. The molecule has 10 heteroatoms. The molecular formula is C12H16BrF3N2O3S. The number of sulfonamides is 1. The van der Waals surface area contributed by atoms with Crippen molar-refractivity contribution in [2.24, 2.45) is 0 Å². The van der Waals surface area contributed by atoms with Crippen molar-refractivity contribution in [1.29, 1.82) is 0 Å². The highest BCUT2D eigenvalue weighted by molar-refractivity contribution is 9.10. The van der Waals surface area contributed by atoms with Gasteiger partial charge in [-0.1, -0.05) is 15.9 Å². The number of hydrogen-bond acceptors (Lipinski definition) is 4. The molecule has 22 heavy (non-hydrogen) atoms. The van der Waals surface area contributed by atoms with E-state index < -0.39 is 27.0 Å². The first-order chi connectivity index (χ1) is 9.93. The van der Waals surface area contributed by atoms with Crippen LogP contribution in [0.3, 0.4) is 0 Å². The van der Waals surface area contributed by atoms with Crippen LogP contribution in [0, 0.1) is 0 Å². The Morgan fingerprint density at radius 3 is 2.27 bits per heavy atom. The van der Waals surface area contributed by atoms with Crippen molar-refractivity contribution in [2.75, 3.05) is 34.2 Å². The van der Waals surface area contributed by atoms with Crippen LogP contribution in [0.25, 0.3) is 0 Å². The van der Waals surface area contributed by atoms with E-state index in [9.17, 15) is 21.6 Å². The van der Waals surface area contributed by atoms with Gasteiger partial charge in [-0.2, -0.15) is 4.31 Å². The minimum Gasteiger partial charge on any atom is -0.404 e. The molecule has 1 rings (SSSR count). The summed E-state index contributed by atoms with van der Waals surface area (Å²) in [5.74, 6) is -0.765. The smallest absolute Gasteiger partial charge is 0.404 e. The van der Waals surface area contributed by atoms with Crippen LogP contribution >= 0.6 is 15.9 Å². The lowest BCUT2D eigenvalue weighted by Gasteiger charge is -2.21. The fourth-order valence-electron chi connectivity index (χ4n) is 1.53. The highest BCUT2D eigenvalue weighted by atomic mass is 79.9. The van der Waals surface area contributed by atoms with Gasteiger partial charge in [-0.15, -0.1) is 13.2 Å². The largest absolute Gasteiger partial charge is 0.573 e. The molecule has 0 amide bonds. The van der Waals surface area contributed by atoms with Gasteiger partial charge in [-0.25, -0.2) is 8.42 Å². The molecule has 0 aliphatic rings. The lowest BCUT2D eigenvalue weighted by atomic mass is 10.3. The minimum absolute atomic E-state index is 0.136. The molecule has 0 radical (unpaired) electrons. The first-order valence-electron chi connectivity index (χ1n) is 6.10. The van der Waals surface area contributed by atoms with Crippen molar-refractivity contribution < 1.29 is 26.3 Å². The summed E-state index contributed by atoms with van der Waals surface area (Å²) in [6, 6.07) is 3.39. The molecule has 0 N–H and O–H groups in total. The van der Waals surface area contributed by atoms with Crippen LogP contribution in [0.1, 0.15) is 0 Å². The zero-order valence-corrected chi connectivity index (χ0v) is 14.6. The maximum atomic E-state index is 12.4. The van der Waals surface area contributed by atoms with Crippen LogP contribution in [0.4, 0.5) is 13.2 Å². The van der Waals surface area contributed by atoms with Crippen LogP contribution in [0.5, 0.6) is 5.75 Å². The molecule has 0 aromatic heterocycles. The topological polar surface area (TPSA) is 49.9 Å². The maximum absolute atomic E-state index is 12.4. The number of halogens is 4. The van der Waals surface area contributed by atoms with E-state index in [1.54, 1.807) is 19.0 Å². The van der Waals surface area contributed by atoms with E-state index in [1.165, 1.54) is 13.1 Å². The average Bonchev–Trinajstić information content (AvgIpc) is 2.33. The number of hydrogen-bond donors (Lipinski definition) is 0. The third kappa shape index (κ3) is 5.41. The molecule has 0 unspecified atom stereocenters. The third-order valence-corrected chi connectivity index (χ3v) is 5.07. The molecular weight excluding hydrogens is 389 g/mol. The SMILES string of the molecule is CN(C)CCN(C)S(=O)(=O)c1ccc(Br)cc1OC(F)(F)F. The molecule has 0 atom stereocenters. The fraction of sp³-hybridized carbons (Fsp3) is 0.500. The molecule has 0 fully saturated rings. The van der Waals surface area contributed by atoms with E-state index in [4.69, 9.17) is 0 Å². The van der Waals surface area contributed by atoms with E-state index in [0.29, 0.717) is 6.54 Å². The van der Waals surface area contributed by atoms with E-state index in [0.717, 1.165) is 16.4 Å². The monoisotopic (exact) mass is 404 g/mol. The van der Waals surface area contributed by atoms with Gasteiger partial charge in [-0.05, 0) is 32.3 Å². The minimum atomic E-state index is -4.98. The summed E-state index contributed by atoms with van der Waals surface area (Å²) >= 11 is 2.99. The number of nitrogens with zero attached hydrogens (tertiary/aromatic N) is 2. The van der Waals surface area contributed by atoms with Gasteiger partial charge in [0.1, 0.15) is 4.90 Å². The van der Waals surface area contributed by atoms with Gasteiger partial charge in [0.05, 0.1) is 0 Å². The predicted molar refractivity (Wildman–Crippen MR) is 79.2 cm³/mol. The number of likely N-dealkylation sites (N-methyl/N-ethyl adjacent to an activating group) is 2. The Morgan fingerprint density at radius 2 is 1.77 bits per heavy atom. The molecule has 0 heterocycles. The summed E-state index contributed by atoms with van der Waals surface area (Å²) in [6.07, 6.45) is -4.98. The highest BCUT2D eigenvalue weighted by Gasteiger charge is 2.35. The van der Waals surface area contributed by atoms with Crippen molar-refractivity contribution in [3.05, 3.63) is 22.7 Å². The lowest BCUT2D eigenvalue weighted by Crippen LogP contribution is -2.34. The van der Waals surface area contributed by atoms with Crippen LogP contribution in [-0.2, 0) is 10.0 Å². The van der Waals surface area contributed by atoms with Gasteiger partial charge in [0, 0.05) is 24.6 Å². The summed E-state index contributed by atoms with van der Waals surface area (Å²) < 4.78 is 67.2. The van der Waals surface area contributed by atoms with Gasteiger partial charge in [0.15, 0.2) is 5.75 Å². The number of ether oxygens (including phenoxy) is 1. The van der Waals surface area contributed by atoms with E-state index in [-0.39, 0.29) is 11.0 Å². The molecule has 5 nitrogen and oxygen atoms in total. The van der Waals surface area contributed by atoms with Crippen molar-refractivity contribution >= 4 is 26.0 Å². The Balaban J connectivity index is 3.18. The van der Waals surface area contributed by atoms with Gasteiger partial charge < -0.3 is 9.64 Å². The second-order valence-electron chi connectivity index (χ2n) is 4.77. The number of rotatable bonds is 6. The standard InChI is InChI=1S/C12H16BrF3N2O3S/c1-17(2)6-7-18(3)22(19,20)11-5-4-9(13)8-10(11)21-12(14,15)16/h4-5,8H,6-7H2,1-3H3. The van der Waals surface area contributed by atoms with E-state index in [2.05, 4.69) is 20.7 Å². The molecule has 0 bridgehead atoms. The molecule has 0 saturated heterocycles. The summed E-state index contributed by atoms with van der Waals surface area (Å²) in [5, 5.41) is 0. The molecule has 0 spiro atoms. The van der Waals surface area contributed by atoms with Crippen LogP contribution in [0.2, 0.25) is 0 Å². The van der Waals surface area contributed by atoms with Gasteiger partial charge in [0.2, 0.25) is 10.0 Å². The van der Waals surface area contributed by atoms with Gasteiger partial charge >= 0.3 is 6.36 Å². The molecule has 126 valence electrons. The lowest BCUT2D eigenvalue weighted by molar-refractivity contribution is -0.275. The summed E-state index contributed by atoms with van der Waals surface area (Å²) in [7, 11) is 0.735. The molecule has 0 aliphatic carbocycles. The van der Waals surface area contributed by atoms with E-state index >= 15 is 0 Å². The Bertz CT molecular complexity index is 621. The highest BCUT2D eigenvalue weighted by Crippen LogP contribution is 2.33. The average molecular weight is 405 g/mol. The molecule has 0 aliphatic heterocycles. The second-order valence-corrected chi connectivity index (χ2v) is 7.70. The Kier molecular flexibility index (Phi) is 6.25. The van der Waals surface area contributed by atoms with Gasteiger partial charge in [-0.3, -0.25) is 0 Å². The molecule has 1 aromatic rings. The van der Waals surface area contributed by atoms with Crippen molar-refractivity contribution in [2.45, 2.75) is 11.3 Å². The number of benzene rings is 1. The van der Waals surface area contributed by atoms with Gasteiger partial charge in [0.25, 0.3) is 0 Å². The summed E-state index contributed by atoms with van der Waals surface area (Å²) in [6.45, 7) is 0.568. The van der Waals surface area contributed by atoms with Crippen molar-refractivity contribution in [3.8, 4) is 5.75 Å². The Hall–Kier alpha value is -0.840. The summed E-state index contributed by atoms with van der Waals surface area (Å²) in [4.78, 5) is 1.23. The Morgan fingerprint density at radius 1 is 1.18 bits per heavy atom. The first-order valence-corrected chi connectivity index (χ1v) is 8.33. The van der Waals surface area contributed by atoms with Crippen LogP contribution in [-0.4, -0.2) is 58.2 Å². The zero-order valence-electron chi connectivity index (χ0n) is 12.2. The van der Waals surface area contributed by atoms with Crippen LogP contribution < -0.4 is 4.74 Å². The second kappa shape index (κ2) is 7.16.